The zero-order chi connectivity index (χ0) is 16.8. The van der Waals surface area contributed by atoms with Crippen LogP contribution >= 0.6 is 11.6 Å². The Labute approximate surface area is 145 Å². The maximum Gasteiger partial charge on any atom is 0.221 e. The van der Waals surface area contributed by atoms with Crippen molar-refractivity contribution < 1.29 is 9.21 Å². The van der Waals surface area contributed by atoms with Gasteiger partial charge in [0.1, 0.15) is 5.76 Å². The van der Waals surface area contributed by atoms with Crippen LogP contribution in [0.2, 0.25) is 5.02 Å². The molecule has 0 saturated carbocycles. The molecule has 24 heavy (non-hydrogen) atoms. The summed E-state index contributed by atoms with van der Waals surface area (Å²) in [6, 6.07) is 16.4. The quantitative estimate of drug-likeness (QED) is 0.732. The van der Waals surface area contributed by atoms with E-state index in [1.807, 2.05) is 48.5 Å². The summed E-state index contributed by atoms with van der Waals surface area (Å²) in [6.45, 7) is 0. The van der Waals surface area contributed by atoms with Crippen molar-refractivity contribution >= 4 is 17.5 Å². The third-order valence-corrected chi connectivity index (χ3v) is 3.88. The fraction of sp³-hybridized carbons (Fsp3) is 0.158. The molecule has 0 bridgehead atoms. The zero-order valence-corrected chi connectivity index (χ0v) is 13.7. The summed E-state index contributed by atoms with van der Waals surface area (Å²) in [5.74, 6) is 0.726. The Balaban J connectivity index is 1.76. The number of nitrogens with one attached hydrogen (secondary N) is 1. The largest absolute Gasteiger partial charge is 0.469 e. The Kier molecular flexibility index (Phi) is 5.29. The molecule has 2 aromatic heterocycles. The number of halogens is 1. The Morgan fingerprint density at radius 3 is 2.79 bits per heavy atom. The molecule has 1 atom stereocenters. The number of hydrogen-bond donors (Lipinski definition) is 1. The average Bonchev–Trinajstić information content (AvgIpc) is 3.12. The molecule has 0 fully saturated rings. The van der Waals surface area contributed by atoms with Crippen LogP contribution in [0.25, 0.3) is 0 Å². The summed E-state index contributed by atoms with van der Waals surface area (Å²) in [7, 11) is 0. The molecule has 2 heterocycles. The molecule has 0 unspecified atom stereocenters. The van der Waals surface area contributed by atoms with E-state index in [1.165, 1.54) is 0 Å². The Morgan fingerprint density at radius 1 is 1.17 bits per heavy atom. The maximum absolute atomic E-state index is 12.4. The van der Waals surface area contributed by atoms with Gasteiger partial charge in [0.25, 0.3) is 0 Å². The van der Waals surface area contributed by atoms with Gasteiger partial charge in [-0.2, -0.15) is 0 Å². The Morgan fingerprint density at radius 2 is 2.08 bits per heavy atom. The third-order valence-electron chi connectivity index (χ3n) is 3.65. The first-order valence-electron chi connectivity index (χ1n) is 7.70. The lowest BCUT2D eigenvalue weighted by Gasteiger charge is -2.19. The number of aromatic nitrogens is 1. The second-order valence-corrected chi connectivity index (χ2v) is 5.83. The van der Waals surface area contributed by atoms with Crippen LogP contribution in [0.1, 0.15) is 29.5 Å². The Hall–Kier alpha value is -2.59. The van der Waals surface area contributed by atoms with Crippen LogP contribution in [0, 0.1) is 0 Å². The highest BCUT2D eigenvalue weighted by atomic mass is 35.5. The molecule has 0 saturated heterocycles. The number of carbonyl (C=O) groups is 1. The van der Waals surface area contributed by atoms with E-state index in [0.29, 0.717) is 17.9 Å². The molecule has 0 radical (unpaired) electrons. The monoisotopic (exact) mass is 340 g/mol. The zero-order valence-electron chi connectivity index (χ0n) is 13.0. The minimum absolute atomic E-state index is 0.0676. The lowest BCUT2D eigenvalue weighted by atomic mass is 10.0. The maximum atomic E-state index is 12.4. The molecular weight excluding hydrogens is 324 g/mol. The molecule has 0 aliphatic rings. The van der Waals surface area contributed by atoms with Crippen molar-refractivity contribution in [3.05, 3.63) is 89.1 Å². The van der Waals surface area contributed by atoms with Crippen LogP contribution in [0.15, 0.2) is 71.5 Å². The fourth-order valence-electron chi connectivity index (χ4n) is 2.49. The van der Waals surface area contributed by atoms with Gasteiger partial charge in [-0.1, -0.05) is 29.8 Å². The molecule has 3 aromatic rings. The Bertz CT molecular complexity index is 788. The van der Waals surface area contributed by atoms with Gasteiger partial charge < -0.3 is 9.73 Å². The lowest BCUT2D eigenvalue weighted by molar-refractivity contribution is -0.121. The number of amides is 1. The number of carbonyl (C=O) groups excluding carboxylic acids is 1. The summed E-state index contributed by atoms with van der Waals surface area (Å²) < 4.78 is 5.26. The number of nitrogens with zero attached hydrogens (tertiary/aromatic N) is 1. The molecule has 122 valence electrons. The molecular formula is C19H17ClN2O2. The molecule has 0 aliphatic heterocycles. The van der Waals surface area contributed by atoms with Crippen molar-refractivity contribution in [3.8, 4) is 0 Å². The molecule has 4 nitrogen and oxygen atoms in total. The van der Waals surface area contributed by atoms with E-state index in [1.54, 1.807) is 18.5 Å². The van der Waals surface area contributed by atoms with Crippen LogP contribution in [0.4, 0.5) is 0 Å². The number of benzene rings is 1. The summed E-state index contributed by atoms with van der Waals surface area (Å²) in [5.41, 5.74) is 1.67. The first-order valence-corrected chi connectivity index (χ1v) is 8.08. The second-order valence-electron chi connectivity index (χ2n) is 5.39. The number of aryl methyl sites for hydroxylation is 1. The minimum atomic E-state index is -0.339. The summed E-state index contributed by atoms with van der Waals surface area (Å²) in [5, 5.41) is 3.66. The number of pyridine rings is 1. The van der Waals surface area contributed by atoms with Crippen molar-refractivity contribution in [3.63, 3.8) is 0 Å². The van der Waals surface area contributed by atoms with Crippen molar-refractivity contribution in [1.29, 1.82) is 0 Å². The number of rotatable bonds is 6. The highest BCUT2D eigenvalue weighted by molar-refractivity contribution is 6.30. The van der Waals surface area contributed by atoms with E-state index in [9.17, 15) is 4.79 Å². The smallest absolute Gasteiger partial charge is 0.221 e. The van der Waals surface area contributed by atoms with Gasteiger partial charge >= 0.3 is 0 Å². The minimum Gasteiger partial charge on any atom is -0.469 e. The van der Waals surface area contributed by atoms with Crippen LogP contribution < -0.4 is 5.32 Å². The van der Waals surface area contributed by atoms with Gasteiger partial charge in [-0.25, -0.2) is 0 Å². The predicted octanol–water partition coefficient (Wildman–Crippen LogP) is 4.17. The molecule has 1 amide bonds. The molecule has 0 aliphatic carbocycles. The number of hydrogen-bond acceptors (Lipinski definition) is 3. The van der Waals surface area contributed by atoms with E-state index in [4.69, 9.17) is 16.0 Å². The van der Waals surface area contributed by atoms with E-state index >= 15 is 0 Å². The standard InChI is InChI=1S/C19H17ClN2O2/c20-15-6-3-5-14(13-15)19(17-8-1-2-11-21-17)22-18(23)10-9-16-7-4-12-24-16/h1-8,11-13,19H,9-10H2,(H,22,23)/t19-/m0/s1. The second kappa shape index (κ2) is 7.79. The SMILES string of the molecule is O=C(CCc1ccco1)N[C@@H](c1cccc(Cl)c1)c1ccccn1. The fourth-order valence-corrected chi connectivity index (χ4v) is 2.68. The summed E-state index contributed by atoms with van der Waals surface area (Å²) in [4.78, 5) is 16.7. The van der Waals surface area contributed by atoms with Gasteiger partial charge in [-0.3, -0.25) is 9.78 Å². The van der Waals surface area contributed by atoms with Gasteiger partial charge in [-0.05, 0) is 42.0 Å². The molecule has 3 rings (SSSR count). The van der Waals surface area contributed by atoms with Crippen LogP contribution in [-0.2, 0) is 11.2 Å². The summed E-state index contributed by atoms with van der Waals surface area (Å²) in [6.07, 6.45) is 4.22. The van der Waals surface area contributed by atoms with Crippen molar-refractivity contribution in [2.45, 2.75) is 18.9 Å². The molecule has 5 heteroatoms. The van der Waals surface area contributed by atoms with Crippen LogP contribution in [-0.4, -0.2) is 10.9 Å². The van der Waals surface area contributed by atoms with Crippen molar-refractivity contribution in [2.24, 2.45) is 0 Å². The molecule has 0 spiro atoms. The van der Waals surface area contributed by atoms with Gasteiger partial charge in [0.2, 0.25) is 5.91 Å². The topological polar surface area (TPSA) is 55.1 Å². The summed E-state index contributed by atoms with van der Waals surface area (Å²) >= 11 is 6.10. The van der Waals surface area contributed by atoms with E-state index in [0.717, 1.165) is 17.0 Å². The highest BCUT2D eigenvalue weighted by Gasteiger charge is 2.18. The van der Waals surface area contributed by atoms with E-state index in [-0.39, 0.29) is 11.9 Å². The van der Waals surface area contributed by atoms with E-state index in [2.05, 4.69) is 10.3 Å². The first-order chi connectivity index (χ1) is 11.7. The lowest BCUT2D eigenvalue weighted by Crippen LogP contribution is -2.30. The van der Waals surface area contributed by atoms with Crippen molar-refractivity contribution in [1.82, 2.24) is 10.3 Å². The van der Waals surface area contributed by atoms with Crippen LogP contribution in [0.3, 0.4) is 0 Å². The number of furan rings is 1. The van der Waals surface area contributed by atoms with Gasteiger partial charge in [-0.15, -0.1) is 0 Å². The predicted molar refractivity (Wildman–Crippen MR) is 92.7 cm³/mol. The van der Waals surface area contributed by atoms with Gasteiger partial charge in [0, 0.05) is 24.1 Å². The molecule has 1 N–H and O–H groups in total. The average molecular weight is 341 g/mol. The van der Waals surface area contributed by atoms with Gasteiger partial charge in [0.15, 0.2) is 0 Å². The molecule has 1 aromatic carbocycles. The third kappa shape index (κ3) is 4.24. The van der Waals surface area contributed by atoms with Crippen LogP contribution in [0.5, 0.6) is 0 Å². The normalized spacial score (nSPS) is 11.9. The first kappa shape index (κ1) is 16.3. The highest BCUT2D eigenvalue weighted by Crippen LogP contribution is 2.23. The van der Waals surface area contributed by atoms with E-state index < -0.39 is 0 Å². The van der Waals surface area contributed by atoms with Crippen molar-refractivity contribution in [2.75, 3.05) is 0 Å². The van der Waals surface area contributed by atoms with Gasteiger partial charge in [0.05, 0.1) is 18.0 Å².